The van der Waals surface area contributed by atoms with Crippen molar-refractivity contribution in [3.05, 3.63) is 0 Å². The van der Waals surface area contributed by atoms with Gasteiger partial charge in [-0.3, -0.25) is 17.1 Å². The van der Waals surface area contributed by atoms with Gasteiger partial charge in [-0.15, -0.1) is 13.0 Å². The average molecular weight is 1650 g/mol. The predicted molar refractivity (Wildman–Crippen MR) is 369 cm³/mol. The second-order valence-corrected chi connectivity index (χ2v) is 28.4. The average Bonchev–Trinajstić information content (AvgIpc) is 0.724. The number of carboxylic acids is 2. The van der Waals surface area contributed by atoms with E-state index in [0.717, 1.165) is 6.42 Å². The van der Waals surface area contributed by atoms with Crippen LogP contribution < -0.4 is 0 Å². The quantitative estimate of drug-likeness (QED) is 0.0117. The molecule has 0 aromatic heterocycles. The van der Waals surface area contributed by atoms with Crippen molar-refractivity contribution in [1.29, 1.82) is 0 Å². The molecule has 44 heteroatoms. The predicted octanol–water partition coefficient (Wildman–Crippen LogP) is 7.03. The summed E-state index contributed by atoms with van der Waals surface area (Å²) in [6, 6.07) is 0. The Bertz CT molecular complexity index is 2560. The molecule has 0 saturated carbocycles. The van der Waals surface area contributed by atoms with Crippen molar-refractivity contribution in [3.8, 4) is 0 Å². The number of ether oxygens (including phenoxy) is 20. The second kappa shape index (κ2) is 50.9. The van der Waals surface area contributed by atoms with E-state index >= 15 is 0 Å². The standard InChI is InChI=1S/C64H114O40S4/c1-12-20-27-78-34-38-42(45(82-31-24-16-5)52(56(77-11)87-38)97-106-103-100-70)90-60-51-48(76-10)55(64(95-60,37-85-51)62(67)68)93-58-53(98-107-104-101-71)46(96-105-102-99-69)43(39(88-58)35-79-28-21-13-2)91-59-50(84-33-26-18-7)47(75-9)54(63(19-8,94-59)61(65)66)92-57-49(83-32-25-17-6)44(81-30-23-15-4)41(80-29-22-14-3)40(89-57)36-86-108(72,73)74/h38-60,69-71H,12-37H2,1-11H3,(H,65,66)(H,67,68)(H,72,73,74)/t38?,39?,40?,41-,42-,43-,44+,45+,46+,47-,48-,49?,50?,51?,52?,53?,54+,55+,56+,57+,58+,59-,60-,63?,64?/m1/s1. The minimum atomic E-state index is -5.10. The molecular formula is C64H114O40S4. The highest BCUT2D eigenvalue weighted by Gasteiger charge is 2.70. The van der Waals surface area contributed by atoms with Crippen LogP contribution in [0, 0.1) is 0 Å². The number of hydrogen-bond acceptors (Lipinski definition) is 40. The van der Waals surface area contributed by atoms with Crippen LogP contribution in [-0.2, 0) is 160 Å². The van der Waals surface area contributed by atoms with Crippen LogP contribution >= 0.6 is 37.0 Å². The van der Waals surface area contributed by atoms with Crippen LogP contribution in [0.25, 0.3) is 0 Å². The molecule has 0 amide bonds. The molecule has 0 radical (unpaired) electrons. The SMILES string of the molecule is CCCCOCC1O[C@H](OC)C(OSOOO)[C@@H](OCCCC)[C@@H]1O[C@@H]1OC2(C(=O)O)COC1[C@@H](OC)[C@@H]2O[C@@H]1OC(COCCCC)[C@@H](O[C@@H]2OC(CC)(C(=O)O)[C@@H](O[C@@H]3OC(COS(=O)(=O)O)[C@@H](OCCCC)[C@H](OCCCC)C3OCCCC)[C@H](OC)C2OCCCC)[C@H](OSOOO)C1OSOOO. The fraction of sp³-hybridized carbons (Fsp3) is 0.969. The van der Waals surface area contributed by atoms with Gasteiger partial charge in [-0.2, -0.15) is 8.42 Å². The summed E-state index contributed by atoms with van der Waals surface area (Å²) < 4.78 is 202. The van der Waals surface area contributed by atoms with Gasteiger partial charge in [0.25, 0.3) is 0 Å². The van der Waals surface area contributed by atoms with Gasteiger partial charge in [0.05, 0.1) is 26.4 Å². The van der Waals surface area contributed by atoms with E-state index in [1.54, 1.807) is 0 Å². The zero-order chi connectivity index (χ0) is 78.7. The Hall–Kier alpha value is -1.42. The molecule has 108 heavy (non-hydrogen) atoms. The Morgan fingerprint density at radius 1 is 0.426 bits per heavy atom. The number of aliphatic carboxylic acids is 2. The van der Waals surface area contributed by atoms with E-state index in [1.807, 2.05) is 48.5 Å². The number of carboxylic acid groups (broad SMARTS) is 2. The van der Waals surface area contributed by atoms with Gasteiger partial charge < -0.3 is 105 Å². The molecule has 7 rings (SSSR count). The summed E-state index contributed by atoms with van der Waals surface area (Å²) in [5, 5.41) is 63.1. The van der Waals surface area contributed by atoms with Crippen molar-refractivity contribution in [1.82, 2.24) is 0 Å². The molecule has 634 valence electrons. The molecule has 0 spiro atoms. The van der Waals surface area contributed by atoms with Crippen LogP contribution in [0.1, 0.15) is 152 Å². The maximum absolute atomic E-state index is 14.6. The Morgan fingerprint density at radius 3 is 1.29 bits per heavy atom. The lowest BCUT2D eigenvalue weighted by atomic mass is 9.83. The summed E-state index contributed by atoms with van der Waals surface area (Å²) in [5.74, 6) is -3.28. The monoisotopic (exact) mass is 1650 g/mol. The highest BCUT2D eigenvalue weighted by Crippen LogP contribution is 2.48. The van der Waals surface area contributed by atoms with Crippen LogP contribution in [0.4, 0.5) is 0 Å². The lowest BCUT2D eigenvalue weighted by Gasteiger charge is -2.57. The summed E-state index contributed by atoms with van der Waals surface area (Å²) in [4.78, 5) is 28.8. The number of rotatable bonds is 59. The topological polar surface area (TPSA) is 467 Å². The zero-order valence-electron chi connectivity index (χ0n) is 62.9. The highest BCUT2D eigenvalue weighted by molar-refractivity contribution is 7.90. The van der Waals surface area contributed by atoms with E-state index in [9.17, 15) is 43.3 Å². The van der Waals surface area contributed by atoms with Crippen LogP contribution in [0.5, 0.6) is 0 Å². The number of hydrogen-bond donors (Lipinski definition) is 6. The molecule has 10 unspecified atom stereocenters. The van der Waals surface area contributed by atoms with Gasteiger partial charge in [0, 0.05) is 67.6 Å². The van der Waals surface area contributed by atoms with Gasteiger partial charge in [0.1, 0.15) is 97.7 Å². The maximum atomic E-state index is 14.6. The van der Waals surface area contributed by atoms with Crippen LogP contribution in [0.3, 0.4) is 0 Å². The Balaban J connectivity index is 1.46. The fourth-order valence-electron chi connectivity index (χ4n) is 13.0. The second-order valence-electron chi connectivity index (χ2n) is 25.9. The summed E-state index contributed by atoms with van der Waals surface area (Å²) in [7, 11) is -1.22. The van der Waals surface area contributed by atoms with Crippen molar-refractivity contribution in [3.63, 3.8) is 0 Å². The van der Waals surface area contributed by atoms with Gasteiger partial charge in [-0.05, 0) is 51.4 Å². The molecular weight excluding hydrogens is 1540 g/mol. The molecule has 2 bridgehead atoms. The summed E-state index contributed by atoms with van der Waals surface area (Å²) in [6.07, 6.45) is -25.9. The summed E-state index contributed by atoms with van der Waals surface area (Å²) in [6.45, 7) is 14.0. The molecule has 7 aliphatic rings. The molecule has 0 aromatic rings. The molecule has 25 atom stereocenters. The van der Waals surface area contributed by atoms with Crippen LogP contribution in [0.15, 0.2) is 0 Å². The van der Waals surface area contributed by atoms with Crippen molar-refractivity contribution in [2.45, 2.75) is 304 Å². The number of methoxy groups -OCH3 is 3. The van der Waals surface area contributed by atoms with Crippen LogP contribution in [-0.4, -0.2) is 297 Å². The summed E-state index contributed by atoms with van der Waals surface area (Å²) in [5.41, 5.74) is -5.14. The van der Waals surface area contributed by atoms with Crippen molar-refractivity contribution >= 4 is 59.3 Å². The highest BCUT2D eigenvalue weighted by atomic mass is 32.3. The summed E-state index contributed by atoms with van der Waals surface area (Å²) >= 11 is 0.218. The third-order valence-corrected chi connectivity index (χ3v) is 20.4. The van der Waals surface area contributed by atoms with E-state index in [2.05, 4.69) is 19.4 Å². The number of fused-ring (bicyclic) bond motifs is 3. The lowest BCUT2D eigenvalue weighted by molar-refractivity contribution is -0.440. The Kier molecular flexibility index (Phi) is 45.0. The first-order chi connectivity index (χ1) is 52.3. The first kappa shape index (κ1) is 95.4. The molecule has 7 aliphatic heterocycles. The Morgan fingerprint density at radius 2 is 0.833 bits per heavy atom. The fourth-order valence-corrected chi connectivity index (χ4v) is 14.4. The van der Waals surface area contributed by atoms with Gasteiger partial charge in [-0.1, -0.05) is 115 Å². The number of unbranched alkanes of at least 4 members (excludes halogenated alkanes) is 7. The minimum Gasteiger partial charge on any atom is -0.479 e. The normalized spacial score (nSPS) is 35.2. The van der Waals surface area contributed by atoms with Crippen molar-refractivity contribution in [2.24, 2.45) is 0 Å². The van der Waals surface area contributed by atoms with E-state index in [1.165, 1.54) is 28.3 Å². The van der Waals surface area contributed by atoms with Gasteiger partial charge in [0.15, 0.2) is 86.2 Å². The first-order valence-electron chi connectivity index (χ1n) is 36.7. The molecule has 0 aromatic carbocycles. The third kappa shape index (κ3) is 26.5. The number of carbonyl (C=O) groups is 2. The largest absolute Gasteiger partial charge is 0.479 e. The van der Waals surface area contributed by atoms with Gasteiger partial charge in [-0.25, -0.2) is 29.5 Å². The van der Waals surface area contributed by atoms with Crippen molar-refractivity contribution in [2.75, 3.05) is 94.0 Å². The first-order valence-corrected chi connectivity index (χ1v) is 40.0. The molecule has 7 saturated heterocycles. The van der Waals surface area contributed by atoms with E-state index in [4.69, 9.17) is 125 Å². The van der Waals surface area contributed by atoms with E-state index in [-0.39, 0.29) is 83.2 Å². The molecule has 40 nitrogen and oxygen atoms in total. The van der Waals surface area contributed by atoms with E-state index < -0.39 is 201 Å². The Labute approximate surface area is 642 Å². The molecule has 7 fully saturated rings. The third-order valence-electron chi connectivity index (χ3n) is 18.7. The molecule has 6 N–H and O–H groups in total. The smallest absolute Gasteiger partial charge is 0.397 e. The molecule has 7 heterocycles. The van der Waals surface area contributed by atoms with E-state index in [0.29, 0.717) is 90.1 Å². The van der Waals surface area contributed by atoms with Crippen LogP contribution in [0.2, 0.25) is 0 Å². The lowest BCUT2D eigenvalue weighted by Crippen LogP contribution is -2.77. The van der Waals surface area contributed by atoms with Gasteiger partial charge in [0.2, 0.25) is 5.60 Å². The van der Waals surface area contributed by atoms with Crippen molar-refractivity contribution < 1.29 is 188 Å². The maximum Gasteiger partial charge on any atom is 0.397 e. The zero-order valence-corrected chi connectivity index (χ0v) is 66.1. The molecule has 0 aliphatic carbocycles. The minimum absolute atomic E-state index is 0.00561. The van der Waals surface area contributed by atoms with Gasteiger partial charge >= 0.3 is 22.3 Å².